The van der Waals surface area contributed by atoms with Gasteiger partial charge in [-0.05, 0) is 18.6 Å². The van der Waals surface area contributed by atoms with Crippen molar-refractivity contribution in [1.82, 2.24) is 0 Å². The second-order valence-corrected chi connectivity index (χ2v) is 3.24. The molecule has 1 rings (SSSR count). The van der Waals surface area contributed by atoms with Gasteiger partial charge in [0.05, 0.1) is 16.9 Å². The monoisotopic (exact) mass is 223 g/mol. The second kappa shape index (κ2) is 4.52. The Morgan fingerprint density at radius 2 is 2.06 bits per heavy atom. The van der Waals surface area contributed by atoms with E-state index in [0.717, 1.165) is 6.07 Å². The van der Waals surface area contributed by atoms with Gasteiger partial charge in [0.2, 0.25) is 0 Å². The Hall–Kier alpha value is -2.24. The lowest BCUT2D eigenvalue weighted by Gasteiger charge is -2.01. The van der Waals surface area contributed by atoms with Gasteiger partial charge >= 0.3 is 5.97 Å². The molecule has 0 amide bonds. The van der Waals surface area contributed by atoms with E-state index in [9.17, 15) is 19.7 Å². The van der Waals surface area contributed by atoms with Crippen LogP contribution in [-0.2, 0) is 11.2 Å². The van der Waals surface area contributed by atoms with E-state index in [4.69, 9.17) is 5.11 Å². The van der Waals surface area contributed by atoms with Crippen LogP contribution in [0.4, 0.5) is 5.69 Å². The number of carbonyl (C=O) groups excluding carboxylic acids is 1. The highest BCUT2D eigenvalue weighted by Gasteiger charge is 2.18. The van der Waals surface area contributed by atoms with Crippen molar-refractivity contribution >= 4 is 17.4 Å². The van der Waals surface area contributed by atoms with Crippen LogP contribution in [0.25, 0.3) is 0 Å². The summed E-state index contributed by atoms with van der Waals surface area (Å²) in [4.78, 5) is 31.5. The zero-order chi connectivity index (χ0) is 12.3. The number of nitro benzene ring substituents is 1. The molecule has 1 N–H and O–H groups in total. The van der Waals surface area contributed by atoms with Crippen LogP contribution in [0.3, 0.4) is 0 Å². The Bertz CT molecular complexity index is 466. The van der Waals surface area contributed by atoms with E-state index < -0.39 is 16.7 Å². The van der Waals surface area contributed by atoms with Gasteiger partial charge in [-0.3, -0.25) is 19.7 Å². The quantitative estimate of drug-likeness (QED) is 0.473. The fourth-order valence-corrected chi connectivity index (χ4v) is 1.31. The highest BCUT2D eigenvalue weighted by Crippen LogP contribution is 2.21. The minimum Gasteiger partial charge on any atom is -0.481 e. The number of nitrogens with zero attached hydrogens (tertiary/aromatic N) is 1. The molecule has 6 nitrogen and oxygen atoms in total. The third-order valence-electron chi connectivity index (χ3n) is 1.99. The molecule has 1 aromatic rings. The lowest BCUT2D eigenvalue weighted by atomic mass is 10.0. The molecule has 0 atom stereocenters. The minimum absolute atomic E-state index is 0.0147. The Morgan fingerprint density at radius 1 is 1.44 bits per heavy atom. The standard InChI is InChI=1S/C10H9NO5/c1-6(12)8-3-2-7(5-10(13)14)4-9(8)11(15)16/h2-4H,5H2,1H3,(H,13,14). The van der Waals surface area contributed by atoms with E-state index in [1.807, 2.05) is 0 Å². The van der Waals surface area contributed by atoms with Gasteiger partial charge in [-0.15, -0.1) is 0 Å². The summed E-state index contributed by atoms with van der Waals surface area (Å²) in [5.74, 6) is -1.50. The smallest absolute Gasteiger partial charge is 0.307 e. The Kier molecular flexibility index (Phi) is 3.34. The van der Waals surface area contributed by atoms with Crippen molar-refractivity contribution < 1.29 is 19.6 Å². The van der Waals surface area contributed by atoms with Crippen molar-refractivity contribution in [2.45, 2.75) is 13.3 Å². The van der Waals surface area contributed by atoms with E-state index >= 15 is 0 Å². The van der Waals surface area contributed by atoms with Gasteiger partial charge in [-0.1, -0.05) is 6.07 Å². The first-order chi connectivity index (χ1) is 7.41. The molecule has 0 spiro atoms. The Balaban J connectivity index is 3.22. The number of nitro groups is 1. The van der Waals surface area contributed by atoms with Crippen molar-refractivity contribution in [2.75, 3.05) is 0 Å². The lowest BCUT2D eigenvalue weighted by molar-refractivity contribution is -0.385. The van der Waals surface area contributed by atoms with Crippen LogP contribution in [0, 0.1) is 10.1 Å². The summed E-state index contributed by atoms with van der Waals surface area (Å²) in [6.45, 7) is 1.22. The topological polar surface area (TPSA) is 97.5 Å². The van der Waals surface area contributed by atoms with E-state index in [-0.39, 0.29) is 17.7 Å². The number of aliphatic carboxylic acids is 1. The molecule has 16 heavy (non-hydrogen) atoms. The number of Topliss-reactive ketones (excluding diaryl/α,β-unsaturated/α-hetero) is 1. The summed E-state index contributed by atoms with van der Waals surface area (Å²) in [6.07, 6.45) is -0.307. The maximum Gasteiger partial charge on any atom is 0.307 e. The molecular formula is C10H9NO5. The number of ketones is 1. The SMILES string of the molecule is CC(=O)c1ccc(CC(=O)O)cc1[N+](=O)[O-]. The molecule has 1 aromatic carbocycles. The molecule has 0 aliphatic heterocycles. The van der Waals surface area contributed by atoms with Crippen LogP contribution in [0.15, 0.2) is 18.2 Å². The second-order valence-electron chi connectivity index (χ2n) is 3.24. The minimum atomic E-state index is -1.08. The number of carbonyl (C=O) groups is 2. The third-order valence-corrected chi connectivity index (χ3v) is 1.99. The van der Waals surface area contributed by atoms with Crippen molar-refractivity contribution in [2.24, 2.45) is 0 Å². The highest BCUT2D eigenvalue weighted by molar-refractivity contribution is 5.98. The van der Waals surface area contributed by atoms with Crippen molar-refractivity contribution in [3.8, 4) is 0 Å². The zero-order valence-electron chi connectivity index (χ0n) is 8.47. The van der Waals surface area contributed by atoms with Crippen molar-refractivity contribution in [1.29, 1.82) is 0 Å². The maximum absolute atomic E-state index is 11.1. The molecule has 0 radical (unpaired) electrons. The van der Waals surface area contributed by atoms with Gasteiger partial charge in [0, 0.05) is 6.07 Å². The Labute approximate surface area is 90.7 Å². The molecule has 0 aromatic heterocycles. The van der Waals surface area contributed by atoms with Gasteiger partial charge < -0.3 is 5.11 Å². The number of carboxylic acid groups (broad SMARTS) is 1. The van der Waals surface area contributed by atoms with E-state index in [2.05, 4.69) is 0 Å². The van der Waals surface area contributed by atoms with Crippen LogP contribution in [0.1, 0.15) is 22.8 Å². The molecule has 0 fully saturated rings. The Morgan fingerprint density at radius 3 is 2.50 bits per heavy atom. The van der Waals surface area contributed by atoms with Crippen LogP contribution >= 0.6 is 0 Å². The average Bonchev–Trinajstić information content (AvgIpc) is 2.16. The molecule has 0 bridgehead atoms. The summed E-state index contributed by atoms with van der Waals surface area (Å²) < 4.78 is 0. The number of hydrogen-bond acceptors (Lipinski definition) is 4. The maximum atomic E-state index is 11.1. The summed E-state index contributed by atoms with van der Waals surface area (Å²) in [5, 5.41) is 19.2. The molecule has 0 unspecified atom stereocenters. The molecule has 0 heterocycles. The first-order valence-corrected chi connectivity index (χ1v) is 4.42. The summed E-state index contributed by atoms with van der Waals surface area (Å²) in [5.41, 5.74) is -0.0745. The highest BCUT2D eigenvalue weighted by atomic mass is 16.6. The number of hydrogen-bond donors (Lipinski definition) is 1. The predicted molar refractivity (Wildman–Crippen MR) is 54.4 cm³/mol. The third kappa shape index (κ3) is 2.63. The average molecular weight is 223 g/mol. The zero-order valence-corrected chi connectivity index (χ0v) is 8.47. The molecule has 0 aliphatic rings. The fraction of sp³-hybridized carbons (Fsp3) is 0.200. The number of benzene rings is 1. The molecule has 84 valence electrons. The first-order valence-electron chi connectivity index (χ1n) is 4.42. The van der Waals surface area contributed by atoms with Gasteiger partial charge in [0.25, 0.3) is 5.69 Å². The lowest BCUT2D eigenvalue weighted by Crippen LogP contribution is -2.04. The largest absolute Gasteiger partial charge is 0.481 e. The number of rotatable bonds is 4. The van der Waals surface area contributed by atoms with Gasteiger partial charge in [0.15, 0.2) is 5.78 Å². The van der Waals surface area contributed by atoms with Crippen LogP contribution < -0.4 is 0 Å². The van der Waals surface area contributed by atoms with Crippen LogP contribution in [0.5, 0.6) is 0 Å². The summed E-state index contributed by atoms with van der Waals surface area (Å²) >= 11 is 0. The van der Waals surface area contributed by atoms with Crippen molar-refractivity contribution in [3.05, 3.63) is 39.4 Å². The van der Waals surface area contributed by atoms with Crippen molar-refractivity contribution in [3.63, 3.8) is 0 Å². The summed E-state index contributed by atoms with van der Waals surface area (Å²) in [7, 11) is 0. The van der Waals surface area contributed by atoms with E-state index in [0.29, 0.717) is 5.56 Å². The predicted octanol–water partition coefficient (Wildman–Crippen LogP) is 1.42. The van der Waals surface area contributed by atoms with Gasteiger partial charge in [-0.2, -0.15) is 0 Å². The van der Waals surface area contributed by atoms with E-state index in [1.165, 1.54) is 19.1 Å². The number of carboxylic acids is 1. The molecule has 0 saturated heterocycles. The molecular weight excluding hydrogens is 214 g/mol. The normalized spacial score (nSPS) is 9.81. The van der Waals surface area contributed by atoms with Gasteiger partial charge in [-0.25, -0.2) is 0 Å². The van der Waals surface area contributed by atoms with Gasteiger partial charge in [0.1, 0.15) is 0 Å². The molecule has 0 saturated carbocycles. The molecule has 6 heteroatoms. The molecule has 0 aliphatic carbocycles. The van der Waals surface area contributed by atoms with Crippen LogP contribution in [0.2, 0.25) is 0 Å². The first kappa shape index (κ1) is 11.8. The van der Waals surface area contributed by atoms with E-state index in [1.54, 1.807) is 0 Å². The summed E-state index contributed by atoms with van der Waals surface area (Å²) in [6, 6.07) is 3.79. The fourth-order valence-electron chi connectivity index (χ4n) is 1.31. The van der Waals surface area contributed by atoms with Crippen LogP contribution in [-0.4, -0.2) is 21.8 Å².